The summed E-state index contributed by atoms with van der Waals surface area (Å²) >= 11 is 0. The molecule has 1 amide bonds. The lowest BCUT2D eigenvalue weighted by atomic mass is 10.1. The van der Waals surface area contributed by atoms with Gasteiger partial charge in [0, 0.05) is 35.9 Å². The van der Waals surface area contributed by atoms with Gasteiger partial charge in [0.05, 0.1) is 0 Å². The number of benzene rings is 1. The van der Waals surface area contributed by atoms with E-state index in [1.54, 1.807) is 6.07 Å². The van der Waals surface area contributed by atoms with Crippen LogP contribution in [0.25, 0.3) is 0 Å². The summed E-state index contributed by atoms with van der Waals surface area (Å²) in [5.41, 5.74) is 8.01. The number of likely N-dealkylation sites (tertiary alicyclic amines) is 1. The Balaban J connectivity index is 1.72. The predicted molar refractivity (Wildman–Crippen MR) is 80.9 cm³/mol. The zero-order valence-electron chi connectivity index (χ0n) is 12.2. The van der Waals surface area contributed by atoms with Gasteiger partial charge < -0.3 is 11.1 Å². The van der Waals surface area contributed by atoms with Crippen molar-refractivity contribution in [1.82, 2.24) is 4.90 Å². The maximum absolute atomic E-state index is 11.4. The molecule has 20 heavy (non-hydrogen) atoms. The van der Waals surface area contributed by atoms with Crippen LogP contribution in [-0.4, -0.2) is 35.5 Å². The number of carbonyl (C=O) groups excluding carboxylic acids is 1. The van der Waals surface area contributed by atoms with Crippen molar-refractivity contribution >= 4 is 11.6 Å². The van der Waals surface area contributed by atoms with Crippen LogP contribution in [0.1, 0.15) is 42.1 Å². The Hall–Kier alpha value is -1.55. The number of nitrogens with two attached hydrogens (primary N) is 1. The fourth-order valence-electron chi connectivity index (χ4n) is 3.35. The first kappa shape index (κ1) is 13.4. The molecule has 108 valence electrons. The van der Waals surface area contributed by atoms with Crippen LogP contribution in [0.2, 0.25) is 0 Å². The number of anilines is 1. The quantitative estimate of drug-likeness (QED) is 0.883. The predicted octanol–water partition coefficient (Wildman–Crippen LogP) is 2.13. The molecule has 2 aliphatic rings. The molecule has 1 heterocycles. The molecule has 1 saturated heterocycles. The van der Waals surface area contributed by atoms with E-state index in [9.17, 15) is 4.79 Å². The van der Waals surface area contributed by atoms with Crippen molar-refractivity contribution in [3.05, 3.63) is 29.3 Å². The molecule has 1 saturated carbocycles. The second-order valence-electron chi connectivity index (χ2n) is 6.20. The van der Waals surface area contributed by atoms with Gasteiger partial charge in [0.1, 0.15) is 0 Å². The van der Waals surface area contributed by atoms with Crippen LogP contribution in [0.3, 0.4) is 0 Å². The first-order valence-electron chi connectivity index (χ1n) is 7.48. The Kier molecular flexibility index (Phi) is 3.42. The molecule has 1 aromatic rings. The minimum atomic E-state index is -0.356. The lowest BCUT2D eigenvalue weighted by Crippen LogP contribution is -2.31. The molecule has 3 rings (SSSR count). The monoisotopic (exact) mass is 273 g/mol. The Labute approximate surface area is 120 Å². The van der Waals surface area contributed by atoms with E-state index in [0.29, 0.717) is 17.6 Å². The fourth-order valence-corrected chi connectivity index (χ4v) is 3.35. The van der Waals surface area contributed by atoms with Gasteiger partial charge in [-0.1, -0.05) is 6.07 Å². The van der Waals surface area contributed by atoms with Crippen molar-refractivity contribution in [1.29, 1.82) is 0 Å². The molecule has 1 aliphatic heterocycles. The van der Waals surface area contributed by atoms with E-state index in [2.05, 4.69) is 17.1 Å². The fraction of sp³-hybridized carbons (Fsp3) is 0.562. The molecule has 2 unspecified atom stereocenters. The van der Waals surface area contributed by atoms with Gasteiger partial charge in [0.25, 0.3) is 0 Å². The van der Waals surface area contributed by atoms with E-state index >= 15 is 0 Å². The molecule has 1 aromatic carbocycles. The number of primary amides is 1. The average molecular weight is 273 g/mol. The molecule has 2 fully saturated rings. The normalized spacial score (nSPS) is 26.7. The van der Waals surface area contributed by atoms with Crippen molar-refractivity contribution in [3.63, 3.8) is 0 Å². The van der Waals surface area contributed by atoms with E-state index in [4.69, 9.17) is 5.73 Å². The van der Waals surface area contributed by atoms with Gasteiger partial charge in [0.15, 0.2) is 0 Å². The first-order valence-corrected chi connectivity index (χ1v) is 7.48. The van der Waals surface area contributed by atoms with Gasteiger partial charge in [-0.05, 0) is 50.8 Å². The number of rotatable bonds is 4. The Morgan fingerprint density at radius 2 is 2.15 bits per heavy atom. The molecule has 4 heteroatoms. The number of nitrogens with one attached hydrogen (secondary N) is 1. The highest BCUT2D eigenvalue weighted by Gasteiger charge is 2.38. The summed E-state index contributed by atoms with van der Waals surface area (Å²) < 4.78 is 0. The smallest absolute Gasteiger partial charge is 0.249 e. The van der Waals surface area contributed by atoms with E-state index in [1.807, 2.05) is 19.1 Å². The second-order valence-corrected chi connectivity index (χ2v) is 6.20. The molecule has 0 spiro atoms. The topological polar surface area (TPSA) is 58.4 Å². The van der Waals surface area contributed by atoms with Crippen LogP contribution in [-0.2, 0) is 0 Å². The highest BCUT2D eigenvalue weighted by Crippen LogP contribution is 2.34. The highest BCUT2D eigenvalue weighted by atomic mass is 16.1. The van der Waals surface area contributed by atoms with Crippen LogP contribution >= 0.6 is 0 Å². The third-order valence-electron chi connectivity index (χ3n) is 4.60. The first-order chi connectivity index (χ1) is 9.56. The van der Waals surface area contributed by atoms with E-state index in [1.165, 1.54) is 12.8 Å². The number of hydrogen-bond acceptors (Lipinski definition) is 3. The summed E-state index contributed by atoms with van der Waals surface area (Å²) in [6.45, 7) is 5.37. The standard InChI is InChI=1S/C16H23N3O/c1-10-8-12(9-19(10)13-6-7-13)18-15-5-3-4-14(11(15)2)16(17)20/h3-5,10,12-13,18H,6-9H2,1-2H3,(H2,17,20). The molecule has 2 atom stereocenters. The molecule has 1 aliphatic carbocycles. The molecule has 4 nitrogen and oxygen atoms in total. The van der Waals surface area contributed by atoms with Crippen molar-refractivity contribution in [2.45, 2.75) is 51.2 Å². The molecular formula is C16H23N3O. The number of nitrogens with zero attached hydrogens (tertiary/aromatic N) is 1. The molecule has 3 N–H and O–H groups in total. The van der Waals surface area contributed by atoms with E-state index in [0.717, 1.165) is 30.3 Å². The lowest BCUT2D eigenvalue weighted by molar-refractivity contribution is 0.1000. The molecule has 0 radical (unpaired) electrons. The minimum absolute atomic E-state index is 0.356. The van der Waals surface area contributed by atoms with Gasteiger partial charge >= 0.3 is 0 Å². The van der Waals surface area contributed by atoms with Gasteiger partial charge in [-0.25, -0.2) is 0 Å². The highest BCUT2D eigenvalue weighted by molar-refractivity contribution is 5.95. The van der Waals surface area contributed by atoms with E-state index in [-0.39, 0.29) is 5.91 Å². The minimum Gasteiger partial charge on any atom is -0.381 e. The maximum atomic E-state index is 11.4. The molecule has 0 aromatic heterocycles. The summed E-state index contributed by atoms with van der Waals surface area (Å²) in [5, 5.41) is 3.60. The summed E-state index contributed by atoms with van der Waals surface area (Å²) in [7, 11) is 0. The summed E-state index contributed by atoms with van der Waals surface area (Å²) in [5.74, 6) is -0.356. The lowest BCUT2D eigenvalue weighted by Gasteiger charge is -2.20. The third kappa shape index (κ3) is 2.52. The molecule has 0 bridgehead atoms. The Morgan fingerprint density at radius 1 is 1.40 bits per heavy atom. The third-order valence-corrected chi connectivity index (χ3v) is 4.60. The zero-order chi connectivity index (χ0) is 14.3. The zero-order valence-corrected chi connectivity index (χ0v) is 12.2. The van der Waals surface area contributed by atoms with Crippen molar-refractivity contribution in [3.8, 4) is 0 Å². The van der Waals surface area contributed by atoms with E-state index < -0.39 is 0 Å². The van der Waals surface area contributed by atoms with Crippen LogP contribution in [0.4, 0.5) is 5.69 Å². The average Bonchev–Trinajstić information content (AvgIpc) is 3.16. The van der Waals surface area contributed by atoms with Crippen LogP contribution in [0.5, 0.6) is 0 Å². The summed E-state index contributed by atoms with van der Waals surface area (Å²) in [6.07, 6.45) is 3.87. The number of amides is 1. The number of carbonyl (C=O) groups is 1. The largest absolute Gasteiger partial charge is 0.381 e. The Bertz CT molecular complexity index is 524. The molecular weight excluding hydrogens is 250 g/mol. The maximum Gasteiger partial charge on any atom is 0.249 e. The van der Waals surface area contributed by atoms with Crippen LogP contribution in [0, 0.1) is 6.92 Å². The van der Waals surface area contributed by atoms with Gasteiger partial charge in [-0.15, -0.1) is 0 Å². The van der Waals surface area contributed by atoms with Gasteiger partial charge in [-0.2, -0.15) is 0 Å². The second kappa shape index (κ2) is 5.09. The van der Waals surface area contributed by atoms with Gasteiger partial charge in [0.2, 0.25) is 5.91 Å². The number of hydrogen-bond donors (Lipinski definition) is 2. The van der Waals surface area contributed by atoms with Crippen LogP contribution in [0.15, 0.2) is 18.2 Å². The summed E-state index contributed by atoms with van der Waals surface area (Å²) in [4.78, 5) is 14.0. The Morgan fingerprint density at radius 3 is 2.80 bits per heavy atom. The SMILES string of the molecule is Cc1c(NC2CC(C)N(C3CC3)C2)cccc1C(N)=O. The summed E-state index contributed by atoms with van der Waals surface area (Å²) in [6, 6.07) is 7.65. The van der Waals surface area contributed by atoms with Crippen molar-refractivity contribution < 1.29 is 4.79 Å². The van der Waals surface area contributed by atoms with Gasteiger partial charge in [-0.3, -0.25) is 9.69 Å². The van der Waals surface area contributed by atoms with Crippen LogP contribution < -0.4 is 11.1 Å². The van der Waals surface area contributed by atoms with Crippen molar-refractivity contribution in [2.75, 3.05) is 11.9 Å². The van der Waals surface area contributed by atoms with Crippen molar-refractivity contribution in [2.24, 2.45) is 5.73 Å².